The molecule has 1 heterocycles. The van der Waals surface area contributed by atoms with Crippen molar-refractivity contribution >= 4 is 11.3 Å². The molecule has 2 rings (SSSR count). The molecule has 0 spiro atoms. The number of hydrogen-bond acceptors (Lipinski definition) is 4. The predicted octanol–water partition coefficient (Wildman–Crippen LogP) is 2.72. The third kappa shape index (κ3) is 3.37. The minimum atomic E-state index is -0.203. The van der Waals surface area contributed by atoms with E-state index in [0.717, 1.165) is 11.3 Å². The summed E-state index contributed by atoms with van der Waals surface area (Å²) in [5.74, 6) is -0.203. The summed E-state index contributed by atoms with van der Waals surface area (Å²) < 4.78 is 14.0. The van der Waals surface area contributed by atoms with Crippen LogP contribution in [0.15, 0.2) is 29.1 Å². The Morgan fingerprint density at radius 3 is 2.89 bits per heavy atom. The fourth-order valence-corrected chi connectivity index (χ4v) is 2.69. The topological polar surface area (TPSA) is 42.1 Å². The average Bonchev–Trinajstić information content (AvgIpc) is 2.87. The highest BCUT2D eigenvalue weighted by atomic mass is 32.1. The predicted molar refractivity (Wildman–Crippen MR) is 76.5 cm³/mol. The van der Waals surface area contributed by atoms with Gasteiger partial charge in [-0.05, 0) is 20.0 Å². The molecule has 0 bridgehead atoms. The van der Waals surface area contributed by atoms with Gasteiger partial charge in [-0.15, -0.1) is 11.3 Å². The summed E-state index contributed by atoms with van der Waals surface area (Å²) in [6, 6.07) is 5.00. The van der Waals surface area contributed by atoms with Crippen LogP contribution >= 0.6 is 11.3 Å². The summed E-state index contributed by atoms with van der Waals surface area (Å²) >= 11 is 1.56. The van der Waals surface area contributed by atoms with Gasteiger partial charge in [-0.1, -0.05) is 17.7 Å². The maximum Gasteiger partial charge on any atom is 0.128 e. The SMILES string of the molecule is Cc1ccc(F)c(C(CN)N(C)Cc2cscn2)c1. The van der Waals surface area contributed by atoms with Crippen LogP contribution in [-0.4, -0.2) is 23.5 Å². The van der Waals surface area contributed by atoms with Crippen LogP contribution in [0.2, 0.25) is 0 Å². The average molecular weight is 279 g/mol. The lowest BCUT2D eigenvalue weighted by molar-refractivity contribution is 0.234. The van der Waals surface area contributed by atoms with Gasteiger partial charge in [0, 0.05) is 24.0 Å². The van der Waals surface area contributed by atoms with Crippen molar-refractivity contribution in [2.75, 3.05) is 13.6 Å². The lowest BCUT2D eigenvalue weighted by Crippen LogP contribution is -2.31. The van der Waals surface area contributed by atoms with Crippen LogP contribution in [0.3, 0.4) is 0 Å². The highest BCUT2D eigenvalue weighted by Gasteiger charge is 2.19. The highest BCUT2D eigenvalue weighted by Crippen LogP contribution is 2.24. The summed E-state index contributed by atoms with van der Waals surface area (Å²) in [6.45, 7) is 3.00. The number of likely N-dealkylation sites (N-methyl/N-ethyl adjacent to an activating group) is 1. The molecule has 1 aromatic heterocycles. The Hall–Kier alpha value is -1.30. The molecule has 0 saturated heterocycles. The summed E-state index contributed by atoms with van der Waals surface area (Å²) in [4.78, 5) is 6.28. The fraction of sp³-hybridized carbons (Fsp3) is 0.357. The molecule has 0 saturated carbocycles. The zero-order valence-corrected chi connectivity index (χ0v) is 12.0. The standard InChI is InChI=1S/C14H18FN3S/c1-10-3-4-13(15)12(5-10)14(6-16)18(2)7-11-8-19-9-17-11/h3-5,8-9,14H,6-7,16H2,1-2H3. The molecule has 0 aliphatic rings. The van der Waals surface area contributed by atoms with E-state index in [1.165, 1.54) is 6.07 Å². The van der Waals surface area contributed by atoms with Crippen LogP contribution in [0, 0.1) is 12.7 Å². The number of hydrogen-bond donors (Lipinski definition) is 1. The quantitative estimate of drug-likeness (QED) is 0.915. The minimum absolute atomic E-state index is 0.137. The van der Waals surface area contributed by atoms with Crippen LogP contribution in [0.5, 0.6) is 0 Å². The van der Waals surface area contributed by atoms with Gasteiger partial charge in [-0.2, -0.15) is 0 Å². The molecule has 0 aliphatic heterocycles. The number of nitrogens with zero attached hydrogens (tertiary/aromatic N) is 2. The van der Waals surface area contributed by atoms with Crippen molar-refractivity contribution in [3.05, 3.63) is 51.7 Å². The van der Waals surface area contributed by atoms with Crippen LogP contribution in [0.25, 0.3) is 0 Å². The van der Waals surface area contributed by atoms with E-state index in [1.54, 1.807) is 22.9 Å². The summed E-state index contributed by atoms with van der Waals surface area (Å²) in [6.07, 6.45) is 0. The lowest BCUT2D eigenvalue weighted by Gasteiger charge is -2.27. The van der Waals surface area contributed by atoms with Crippen LogP contribution in [0.1, 0.15) is 22.9 Å². The number of benzene rings is 1. The highest BCUT2D eigenvalue weighted by molar-refractivity contribution is 7.07. The Bertz CT molecular complexity index is 527. The largest absolute Gasteiger partial charge is 0.329 e. The molecule has 102 valence electrons. The second-order valence-corrected chi connectivity index (χ2v) is 5.39. The Morgan fingerprint density at radius 1 is 1.47 bits per heavy atom. The molecule has 5 heteroatoms. The van der Waals surface area contributed by atoms with Gasteiger partial charge in [0.1, 0.15) is 5.82 Å². The van der Waals surface area contributed by atoms with Gasteiger partial charge < -0.3 is 5.73 Å². The lowest BCUT2D eigenvalue weighted by atomic mass is 10.0. The second-order valence-electron chi connectivity index (χ2n) is 4.67. The van der Waals surface area contributed by atoms with Gasteiger partial charge in [0.05, 0.1) is 17.2 Å². The Morgan fingerprint density at radius 2 is 2.26 bits per heavy atom. The van der Waals surface area contributed by atoms with E-state index in [1.807, 2.05) is 30.3 Å². The first-order valence-electron chi connectivity index (χ1n) is 6.15. The monoisotopic (exact) mass is 279 g/mol. The molecule has 1 atom stereocenters. The van der Waals surface area contributed by atoms with Gasteiger partial charge in [0.15, 0.2) is 0 Å². The molecule has 0 fully saturated rings. The zero-order chi connectivity index (χ0) is 13.8. The van der Waals surface area contributed by atoms with E-state index in [4.69, 9.17) is 5.73 Å². The summed E-state index contributed by atoms with van der Waals surface area (Å²) in [5.41, 5.74) is 10.3. The van der Waals surface area contributed by atoms with Gasteiger partial charge >= 0.3 is 0 Å². The maximum atomic E-state index is 14.0. The van der Waals surface area contributed by atoms with Crippen molar-refractivity contribution in [3.8, 4) is 0 Å². The first kappa shape index (κ1) is 14.1. The number of rotatable bonds is 5. The molecule has 0 radical (unpaired) electrons. The molecule has 1 unspecified atom stereocenters. The van der Waals surface area contributed by atoms with Gasteiger partial charge in [0.2, 0.25) is 0 Å². The van der Waals surface area contributed by atoms with Crippen molar-refractivity contribution < 1.29 is 4.39 Å². The molecular formula is C14H18FN3S. The third-order valence-corrected chi connectivity index (χ3v) is 3.80. The van der Waals surface area contributed by atoms with Gasteiger partial charge in [-0.3, -0.25) is 4.90 Å². The second kappa shape index (κ2) is 6.23. The zero-order valence-electron chi connectivity index (χ0n) is 11.1. The minimum Gasteiger partial charge on any atom is -0.329 e. The molecule has 1 aromatic carbocycles. The summed E-state index contributed by atoms with van der Waals surface area (Å²) in [7, 11) is 1.94. The number of nitrogens with two attached hydrogens (primary N) is 1. The maximum absolute atomic E-state index is 14.0. The van der Waals surface area contributed by atoms with Gasteiger partial charge in [-0.25, -0.2) is 9.37 Å². The van der Waals surface area contributed by atoms with E-state index < -0.39 is 0 Å². The van der Waals surface area contributed by atoms with Crippen molar-refractivity contribution in [1.82, 2.24) is 9.88 Å². The van der Waals surface area contributed by atoms with Gasteiger partial charge in [0.25, 0.3) is 0 Å². The number of aromatic nitrogens is 1. The van der Waals surface area contributed by atoms with Crippen LogP contribution < -0.4 is 5.73 Å². The van der Waals surface area contributed by atoms with E-state index >= 15 is 0 Å². The molecule has 0 aliphatic carbocycles. The van der Waals surface area contributed by atoms with Crippen molar-refractivity contribution in [2.24, 2.45) is 5.73 Å². The first-order valence-corrected chi connectivity index (χ1v) is 7.09. The molecule has 2 aromatic rings. The Labute approximate surface area is 116 Å². The molecule has 19 heavy (non-hydrogen) atoms. The Kier molecular flexibility index (Phi) is 4.63. The normalized spacial score (nSPS) is 12.9. The summed E-state index contributed by atoms with van der Waals surface area (Å²) in [5, 5.41) is 2.00. The van der Waals surface area contributed by atoms with Crippen molar-refractivity contribution in [1.29, 1.82) is 0 Å². The molecule has 0 amide bonds. The smallest absolute Gasteiger partial charge is 0.128 e. The van der Waals surface area contributed by atoms with Crippen LogP contribution in [0.4, 0.5) is 4.39 Å². The molecule has 3 nitrogen and oxygen atoms in total. The molecular weight excluding hydrogens is 261 g/mol. The number of halogens is 1. The fourth-order valence-electron chi connectivity index (χ4n) is 2.14. The van der Waals surface area contributed by atoms with E-state index in [-0.39, 0.29) is 11.9 Å². The van der Waals surface area contributed by atoms with E-state index in [0.29, 0.717) is 18.7 Å². The molecule has 2 N–H and O–H groups in total. The number of thiazole rings is 1. The van der Waals surface area contributed by atoms with Crippen LogP contribution in [-0.2, 0) is 6.54 Å². The first-order chi connectivity index (χ1) is 9.11. The number of aryl methyl sites for hydroxylation is 1. The van der Waals surface area contributed by atoms with Crippen molar-refractivity contribution in [2.45, 2.75) is 19.5 Å². The van der Waals surface area contributed by atoms with E-state index in [9.17, 15) is 4.39 Å². The van der Waals surface area contributed by atoms with Crippen molar-refractivity contribution in [3.63, 3.8) is 0 Å². The third-order valence-electron chi connectivity index (χ3n) is 3.16. The Balaban J connectivity index is 2.21. The van der Waals surface area contributed by atoms with E-state index in [2.05, 4.69) is 4.98 Å².